The molecule has 0 radical (unpaired) electrons. The molecule has 0 bridgehead atoms. The molecule has 0 saturated carbocycles. The van der Waals surface area contributed by atoms with Crippen LogP contribution >= 0.6 is 7.91 Å². The maximum Gasteiger partial charge on any atom is 0.513 e. The fourth-order valence-corrected chi connectivity index (χ4v) is 1.38. The third-order valence-corrected chi connectivity index (χ3v) is 1.96. The average molecular weight is 194 g/mol. The topological polar surface area (TPSA) is 35.5 Å². The smallest absolute Gasteiger partial charge is 0.280 e. The van der Waals surface area contributed by atoms with E-state index in [4.69, 9.17) is 0 Å². The van der Waals surface area contributed by atoms with Crippen molar-refractivity contribution in [3.05, 3.63) is 0 Å². The van der Waals surface area contributed by atoms with Crippen molar-refractivity contribution in [2.75, 3.05) is 6.61 Å². The largest absolute Gasteiger partial charge is 0.513 e. The zero-order valence-corrected chi connectivity index (χ0v) is 5.86. The van der Waals surface area contributed by atoms with Gasteiger partial charge in [0.05, 0.1) is 6.61 Å². The maximum atomic E-state index is 12.0. The predicted octanol–water partition coefficient (Wildman–Crippen LogP) is 2.04. The number of alkyl halides is 3. The quantitative estimate of drug-likeness (QED) is 0.437. The number of halogens is 4. The summed E-state index contributed by atoms with van der Waals surface area (Å²) in [5, 5.41) is 0. The summed E-state index contributed by atoms with van der Waals surface area (Å²) in [5.41, 5.74) is 0. The summed E-state index contributed by atoms with van der Waals surface area (Å²) in [5.74, 6) is 0. The molecule has 0 aromatic rings. The van der Waals surface area contributed by atoms with Crippen molar-refractivity contribution >= 4 is 7.91 Å². The van der Waals surface area contributed by atoms with Crippen molar-refractivity contribution < 1.29 is 31.0 Å². The normalized spacial score (nSPS) is 39.5. The molecule has 2 atom stereocenters. The lowest BCUT2D eigenvalue weighted by molar-refractivity contribution is -0.190. The van der Waals surface area contributed by atoms with Gasteiger partial charge in [0, 0.05) is 0 Å². The van der Waals surface area contributed by atoms with Gasteiger partial charge in [0.25, 0.3) is 0 Å². The Morgan fingerprint density at radius 1 is 1.45 bits per heavy atom. The van der Waals surface area contributed by atoms with Crippen LogP contribution in [0.3, 0.4) is 0 Å². The van der Waals surface area contributed by atoms with E-state index in [-0.39, 0.29) is 0 Å². The highest BCUT2D eigenvalue weighted by atomic mass is 31.2. The van der Waals surface area contributed by atoms with E-state index < -0.39 is 26.8 Å². The van der Waals surface area contributed by atoms with Crippen molar-refractivity contribution in [2.45, 2.75) is 12.3 Å². The minimum atomic E-state index is -4.92. The summed E-state index contributed by atoms with van der Waals surface area (Å²) in [6.45, 7) is -1.04. The standard InChI is InChI=1S/C3H3F4O3P/c4-3(5,6)2-1-9-11(7,8)10-2/h2H,1H2. The summed E-state index contributed by atoms with van der Waals surface area (Å²) >= 11 is 0. The Morgan fingerprint density at radius 3 is 2.18 bits per heavy atom. The molecule has 0 amide bonds. The molecule has 1 rings (SSSR count). The molecule has 8 heteroatoms. The molecule has 0 aromatic carbocycles. The second-order valence-corrected chi connectivity index (χ2v) is 3.19. The monoisotopic (exact) mass is 194 g/mol. The first-order valence-electron chi connectivity index (χ1n) is 2.51. The van der Waals surface area contributed by atoms with E-state index in [2.05, 4.69) is 9.05 Å². The molecule has 1 aliphatic heterocycles. The first kappa shape index (κ1) is 8.96. The second kappa shape index (κ2) is 2.43. The van der Waals surface area contributed by atoms with Crippen LogP contribution in [0, 0.1) is 0 Å². The first-order valence-corrected chi connectivity index (χ1v) is 3.94. The van der Waals surface area contributed by atoms with Crippen LogP contribution < -0.4 is 0 Å². The highest BCUT2D eigenvalue weighted by Crippen LogP contribution is 2.57. The molecule has 0 aromatic heterocycles. The Morgan fingerprint density at radius 2 is 2.00 bits per heavy atom. The van der Waals surface area contributed by atoms with Gasteiger partial charge in [-0.15, -0.1) is 4.20 Å². The summed E-state index contributed by atoms with van der Waals surface area (Å²) in [7, 11) is -4.92. The average Bonchev–Trinajstić information content (AvgIpc) is 2.07. The van der Waals surface area contributed by atoms with Gasteiger partial charge >= 0.3 is 14.1 Å². The summed E-state index contributed by atoms with van der Waals surface area (Å²) in [6.07, 6.45) is -7.13. The van der Waals surface area contributed by atoms with Gasteiger partial charge in [-0.25, -0.2) is 4.57 Å². The lowest BCUT2D eigenvalue weighted by atomic mass is 10.4. The predicted molar refractivity (Wildman–Crippen MR) is 25.6 cm³/mol. The molecule has 1 heterocycles. The molecule has 1 aliphatic rings. The fourth-order valence-electron chi connectivity index (χ4n) is 0.524. The third-order valence-electron chi connectivity index (χ3n) is 0.998. The van der Waals surface area contributed by atoms with Crippen LogP contribution in [0.5, 0.6) is 0 Å². The Kier molecular flexibility index (Phi) is 1.98. The van der Waals surface area contributed by atoms with Gasteiger partial charge in [0.15, 0.2) is 6.10 Å². The fraction of sp³-hybridized carbons (Fsp3) is 1.00. The molecule has 66 valence electrons. The Hall–Kier alpha value is -0.130. The van der Waals surface area contributed by atoms with Crippen molar-refractivity contribution in [2.24, 2.45) is 0 Å². The second-order valence-electron chi connectivity index (χ2n) is 1.86. The van der Waals surface area contributed by atoms with Crippen molar-refractivity contribution in [3.63, 3.8) is 0 Å². The van der Waals surface area contributed by atoms with E-state index in [1.165, 1.54) is 0 Å². The molecule has 3 nitrogen and oxygen atoms in total. The van der Waals surface area contributed by atoms with Crippen LogP contribution in [0.2, 0.25) is 0 Å². The van der Waals surface area contributed by atoms with Gasteiger partial charge in [-0.3, -0.25) is 9.05 Å². The maximum absolute atomic E-state index is 12.0. The van der Waals surface area contributed by atoms with Gasteiger partial charge in [-0.05, 0) is 0 Å². The van der Waals surface area contributed by atoms with E-state index in [1.54, 1.807) is 0 Å². The number of hydrogen-bond acceptors (Lipinski definition) is 3. The molecule has 0 spiro atoms. The summed E-state index contributed by atoms with van der Waals surface area (Å²) in [6, 6.07) is 0. The SMILES string of the molecule is O=P1(F)OCC(C(F)(F)F)O1. The number of hydrogen-bond donors (Lipinski definition) is 0. The van der Waals surface area contributed by atoms with Gasteiger partial charge in [-0.1, -0.05) is 0 Å². The third kappa shape index (κ3) is 2.15. The zero-order valence-electron chi connectivity index (χ0n) is 4.97. The van der Waals surface area contributed by atoms with Crippen LogP contribution in [0.1, 0.15) is 0 Å². The Bertz CT molecular complexity index is 201. The summed E-state index contributed by atoms with van der Waals surface area (Å²) in [4.78, 5) is 0. The lowest BCUT2D eigenvalue weighted by Crippen LogP contribution is -2.29. The van der Waals surface area contributed by atoms with Crippen molar-refractivity contribution in [3.8, 4) is 0 Å². The van der Waals surface area contributed by atoms with Crippen molar-refractivity contribution in [1.82, 2.24) is 0 Å². The highest BCUT2D eigenvalue weighted by molar-refractivity contribution is 7.48. The molecule has 2 unspecified atom stereocenters. The van der Waals surface area contributed by atoms with Gasteiger partial charge in [0.1, 0.15) is 0 Å². The van der Waals surface area contributed by atoms with Gasteiger partial charge in [-0.2, -0.15) is 13.2 Å². The molecular weight excluding hydrogens is 191 g/mol. The minimum absolute atomic E-state index is 1.04. The number of rotatable bonds is 0. The van der Waals surface area contributed by atoms with E-state index in [0.29, 0.717) is 0 Å². The van der Waals surface area contributed by atoms with E-state index in [1.807, 2.05) is 0 Å². The van der Waals surface area contributed by atoms with E-state index >= 15 is 0 Å². The zero-order chi connectivity index (χ0) is 8.70. The molecule has 0 aliphatic carbocycles. The van der Waals surface area contributed by atoms with Gasteiger partial charge in [0.2, 0.25) is 0 Å². The highest BCUT2D eigenvalue weighted by Gasteiger charge is 2.51. The summed E-state index contributed by atoms with van der Waals surface area (Å²) < 4.78 is 64.0. The Labute approximate surface area is 58.9 Å². The molecule has 1 fully saturated rings. The Balaban J connectivity index is 2.63. The van der Waals surface area contributed by atoms with Gasteiger partial charge < -0.3 is 0 Å². The minimum Gasteiger partial charge on any atom is -0.280 e. The van der Waals surface area contributed by atoms with E-state index in [0.717, 1.165) is 0 Å². The van der Waals surface area contributed by atoms with Crippen molar-refractivity contribution in [1.29, 1.82) is 0 Å². The van der Waals surface area contributed by atoms with Crippen LogP contribution in [0.4, 0.5) is 17.4 Å². The molecular formula is C3H3F4O3P. The van der Waals surface area contributed by atoms with Crippen LogP contribution in [0.25, 0.3) is 0 Å². The van der Waals surface area contributed by atoms with Crippen LogP contribution in [0.15, 0.2) is 0 Å². The molecule has 11 heavy (non-hydrogen) atoms. The lowest BCUT2D eigenvalue weighted by Gasteiger charge is -2.09. The van der Waals surface area contributed by atoms with Crippen LogP contribution in [-0.2, 0) is 13.6 Å². The molecule has 1 saturated heterocycles. The van der Waals surface area contributed by atoms with E-state index in [9.17, 15) is 21.9 Å². The first-order chi connectivity index (χ1) is 4.81. The molecule has 0 N–H and O–H groups in total. The van der Waals surface area contributed by atoms with Crippen LogP contribution in [-0.4, -0.2) is 18.9 Å².